The maximum absolute atomic E-state index is 10.4. The second kappa shape index (κ2) is 2.02. The van der Waals surface area contributed by atoms with Crippen molar-refractivity contribution < 1.29 is 0 Å². The molecule has 9 heavy (non-hydrogen) atoms. The normalized spacial score (nSPS) is 9.33. The van der Waals surface area contributed by atoms with Gasteiger partial charge in [0, 0.05) is 6.20 Å². The highest BCUT2D eigenvalue weighted by atomic mass is 32.1. The Morgan fingerprint density at radius 1 is 1.67 bits per heavy atom. The molecule has 1 aromatic heterocycles. The van der Waals surface area contributed by atoms with E-state index in [1.807, 2.05) is 0 Å². The molecule has 48 valence electrons. The summed E-state index contributed by atoms with van der Waals surface area (Å²) in [6.07, 6.45) is 1.36. The molecule has 0 unspecified atom stereocenters. The molecule has 0 atom stereocenters. The van der Waals surface area contributed by atoms with Crippen molar-refractivity contribution in [2.45, 2.75) is 0 Å². The molecule has 0 aromatic carbocycles. The highest BCUT2D eigenvalue weighted by molar-refractivity contribution is 7.71. The first kappa shape index (κ1) is 6.03. The van der Waals surface area contributed by atoms with E-state index in [0.717, 1.165) is 0 Å². The Labute approximate surface area is 55.7 Å². The molecule has 0 aliphatic rings. The molecule has 1 heterocycles. The van der Waals surface area contributed by atoms with Gasteiger partial charge in [-0.2, -0.15) is 0 Å². The van der Waals surface area contributed by atoms with E-state index >= 15 is 0 Å². The summed E-state index contributed by atoms with van der Waals surface area (Å²) < 4.78 is 0.277. The van der Waals surface area contributed by atoms with Gasteiger partial charge in [0.15, 0.2) is 0 Å². The molecule has 4 nitrogen and oxygen atoms in total. The number of rotatable bonds is 0. The third-order valence-electron chi connectivity index (χ3n) is 0.848. The van der Waals surface area contributed by atoms with Crippen LogP contribution >= 0.6 is 12.2 Å². The summed E-state index contributed by atoms with van der Waals surface area (Å²) in [5.74, 6) is 0. The van der Waals surface area contributed by atoms with Crippen molar-refractivity contribution >= 4 is 17.9 Å². The van der Waals surface area contributed by atoms with E-state index in [1.165, 1.54) is 6.20 Å². The van der Waals surface area contributed by atoms with Crippen LogP contribution in [-0.2, 0) is 0 Å². The van der Waals surface area contributed by atoms with Gasteiger partial charge in [0.1, 0.15) is 4.64 Å². The van der Waals surface area contributed by atoms with E-state index in [0.29, 0.717) is 5.69 Å². The minimum Gasteiger partial charge on any atom is -0.395 e. The van der Waals surface area contributed by atoms with Crippen molar-refractivity contribution in [2.24, 2.45) is 0 Å². The Morgan fingerprint density at radius 2 is 2.33 bits per heavy atom. The smallest absolute Gasteiger partial charge is 0.323 e. The molecule has 0 saturated carbocycles. The molecular weight excluding hydrogens is 138 g/mol. The quantitative estimate of drug-likeness (QED) is 0.448. The van der Waals surface area contributed by atoms with E-state index in [1.54, 1.807) is 0 Å². The highest BCUT2D eigenvalue weighted by Crippen LogP contribution is 1.92. The summed E-state index contributed by atoms with van der Waals surface area (Å²) >= 11 is 4.64. The van der Waals surface area contributed by atoms with E-state index < -0.39 is 0 Å². The van der Waals surface area contributed by atoms with Crippen LogP contribution in [0.2, 0.25) is 0 Å². The fourth-order valence-electron chi connectivity index (χ4n) is 0.420. The topological polar surface area (TPSA) is 74.7 Å². The van der Waals surface area contributed by atoms with Gasteiger partial charge in [-0.25, -0.2) is 4.79 Å². The van der Waals surface area contributed by atoms with E-state index in [-0.39, 0.29) is 10.3 Å². The molecule has 1 rings (SSSR count). The Hall–Kier alpha value is -1.10. The van der Waals surface area contributed by atoms with Crippen LogP contribution in [0.3, 0.4) is 0 Å². The van der Waals surface area contributed by atoms with Gasteiger partial charge >= 0.3 is 5.69 Å². The molecule has 0 bridgehead atoms. The van der Waals surface area contributed by atoms with Gasteiger partial charge in [0.05, 0.1) is 5.69 Å². The van der Waals surface area contributed by atoms with Crippen LogP contribution in [0.5, 0.6) is 0 Å². The molecule has 0 aliphatic heterocycles. The van der Waals surface area contributed by atoms with Crippen LogP contribution in [0.1, 0.15) is 0 Å². The Kier molecular flexibility index (Phi) is 1.35. The molecular formula is C4H5N3OS. The van der Waals surface area contributed by atoms with Crippen molar-refractivity contribution in [2.75, 3.05) is 5.73 Å². The van der Waals surface area contributed by atoms with Crippen LogP contribution in [0.15, 0.2) is 11.0 Å². The van der Waals surface area contributed by atoms with Gasteiger partial charge in [0.25, 0.3) is 0 Å². The van der Waals surface area contributed by atoms with Crippen molar-refractivity contribution in [3.8, 4) is 0 Å². The number of H-pyrrole nitrogens is 2. The van der Waals surface area contributed by atoms with E-state index in [9.17, 15) is 4.79 Å². The lowest BCUT2D eigenvalue weighted by Gasteiger charge is -1.87. The van der Waals surface area contributed by atoms with Gasteiger partial charge < -0.3 is 10.7 Å². The summed E-state index contributed by atoms with van der Waals surface area (Å²) in [4.78, 5) is 15.1. The molecule has 0 spiro atoms. The zero-order chi connectivity index (χ0) is 6.85. The molecule has 0 aliphatic carbocycles. The van der Waals surface area contributed by atoms with Crippen LogP contribution in [0, 0.1) is 4.64 Å². The molecule has 0 fully saturated rings. The fraction of sp³-hybridized carbons (Fsp3) is 0. The molecule has 4 N–H and O–H groups in total. The molecule has 5 heteroatoms. The van der Waals surface area contributed by atoms with Crippen molar-refractivity contribution in [1.29, 1.82) is 0 Å². The highest BCUT2D eigenvalue weighted by Gasteiger charge is 1.85. The van der Waals surface area contributed by atoms with Gasteiger partial charge in [-0.15, -0.1) is 0 Å². The summed E-state index contributed by atoms with van der Waals surface area (Å²) in [6.45, 7) is 0. The Bertz CT molecular complexity index is 312. The number of aromatic amines is 2. The van der Waals surface area contributed by atoms with E-state index in [2.05, 4.69) is 22.2 Å². The summed E-state index contributed by atoms with van der Waals surface area (Å²) in [5, 5.41) is 0. The monoisotopic (exact) mass is 143 g/mol. The van der Waals surface area contributed by atoms with Crippen LogP contribution in [0.25, 0.3) is 0 Å². The average Bonchev–Trinajstić information content (AvgIpc) is 1.80. The average molecular weight is 143 g/mol. The summed E-state index contributed by atoms with van der Waals surface area (Å²) in [7, 11) is 0. The minimum atomic E-state index is -0.339. The molecule has 0 radical (unpaired) electrons. The third-order valence-corrected chi connectivity index (χ3v) is 1.19. The van der Waals surface area contributed by atoms with Crippen LogP contribution in [-0.4, -0.2) is 9.97 Å². The van der Waals surface area contributed by atoms with Crippen molar-refractivity contribution in [1.82, 2.24) is 9.97 Å². The van der Waals surface area contributed by atoms with Gasteiger partial charge in [0.2, 0.25) is 0 Å². The Balaban J connectivity index is 3.52. The number of nitrogens with two attached hydrogens (primary N) is 1. The predicted octanol–water partition coefficient (Wildman–Crippen LogP) is 0.0147. The summed E-state index contributed by atoms with van der Waals surface area (Å²) in [5.41, 5.74) is 5.32. The number of hydrogen-bond acceptors (Lipinski definition) is 3. The lowest BCUT2D eigenvalue weighted by atomic mass is 10.6. The second-order valence-corrected chi connectivity index (χ2v) is 1.94. The van der Waals surface area contributed by atoms with E-state index in [4.69, 9.17) is 5.73 Å². The Morgan fingerprint density at radius 3 is 2.78 bits per heavy atom. The zero-order valence-corrected chi connectivity index (χ0v) is 5.29. The summed E-state index contributed by atoms with van der Waals surface area (Å²) in [6, 6.07) is 0. The SMILES string of the molecule is Nc1c[nH]c(=O)[nH]c1=S. The fourth-order valence-corrected chi connectivity index (χ4v) is 0.572. The standard InChI is InChI=1S/C4H5N3OS/c5-2-1-6-4(8)7-3(2)9/h1H,5H2,(H2,6,7,8,9). The van der Waals surface area contributed by atoms with Gasteiger partial charge in [-0.05, 0) is 0 Å². The number of hydrogen-bond donors (Lipinski definition) is 3. The first-order valence-electron chi connectivity index (χ1n) is 2.27. The maximum atomic E-state index is 10.4. The van der Waals surface area contributed by atoms with Crippen LogP contribution in [0.4, 0.5) is 5.69 Å². The lowest BCUT2D eigenvalue weighted by molar-refractivity contribution is 1.07. The molecule has 0 saturated heterocycles. The molecule has 1 aromatic rings. The first-order chi connectivity index (χ1) is 4.20. The number of nitrogens with one attached hydrogen (secondary N) is 2. The van der Waals surface area contributed by atoms with Gasteiger partial charge in [-0.1, -0.05) is 12.2 Å². The first-order valence-corrected chi connectivity index (χ1v) is 2.68. The minimum absolute atomic E-state index is 0.277. The molecule has 0 amide bonds. The van der Waals surface area contributed by atoms with Gasteiger partial charge in [-0.3, -0.25) is 4.98 Å². The van der Waals surface area contributed by atoms with Crippen molar-refractivity contribution in [3.05, 3.63) is 21.3 Å². The third kappa shape index (κ3) is 1.17. The number of anilines is 1. The lowest BCUT2D eigenvalue weighted by Crippen LogP contribution is -2.10. The van der Waals surface area contributed by atoms with Crippen molar-refractivity contribution in [3.63, 3.8) is 0 Å². The van der Waals surface area contributed by atoms with Crippen LogP contribution < -0.4 is 11.4 Å². The zero-order valence-electron chi connectivity index (χ0n) is 4.47. The second-order valence-electron chi connectivity index (χ2n) is 1.53. The predicted molar refractivity (Wildman–Crippen MR) is 36.7 cm³/mol. The number of aromatic nitrogens is 2. The largest absolute Gasteiger partial charge is 0.395 e. The number of nitrogen functional groups attached to an aromatic ring is 1. The maximum Gasteiger partial charge on any atom is 0.323 e.